The van der Waals surface area contributed by atoms with Crippen LogP contribution in [0.1, 0.15) is 16.8 Å². The van der Waals surface area contributed by atoms with E-state index >= 15 is 0 Å². The number of thiol groups is 1. The number of ether oxygens (including phenoxy) is 1. The molecule has 2 rings (SSSR count). The van der Waals surface area contributed by atoms with E-state index in [0.29, 0.717) is 30.5 Å². The van der Waals surface area contributed by atoms with E-state index in [1.165, 1.54) is 18.2 Å². The van der Waals surface area contributed by atoms with Crippen molar-refractivity contribution in [1.82, 2.24) is 4.90 Å². The van der Waals surface area contributed by atoms with E-state index < -0.39 is 5.82 Å². The Bertz CT molecular complexity index is 453. The lowest BCUT2D eigenvalue weighted by Crippen LogP contribution is -2.30. The van der Waals surface area contributed by atoms with Gasteiger partial charge in [-0.3, -0.25) is 4.79 Å². The van der Waals surface area contributed by atoms with Crippen molar-refractivity contribution in [3.8, 4) is 0 Å². The van der Waals surface area contributed by atoms with Gasteiger partial charge in [0, 0.05) is 31.0 Å². The molecule has 1 fully saturated rings. The van der Waals surface area contributed by atoms with E-state index in [-0.39, 0.29) is 11.5 Å². The van der Waals surface area contributed by atoms with Gasteiger partial charge in [0.05, 0.1) is 12.2 Å². The normalized spacial score (nSPS) is 19.3. The summed E-state index contributed by atoms with van der Waals surface area (Å²) in [6.45, 7) is 1.92. The summed E-state index contributed by atoms with van der Waals surface area (Å²) < 4.78 is 18.7. The monoisotopic (exact) mass is 269 g/mol. The molecule has 1 aliphatic heterocycles. The maximum Gasteiger partial charge on any atom is 0.256 e. The van der Waals surface area contributed by atoms with E-state index in [1.807, 2.05) is 0 Å². The zero-order chi connectivity index (χ0) is 13.1. The Hall–Kier alpha value is -1.07. The number of methoxy groups -OCH3 is 1. The fraction of sp³-hybridized carbons (Fsp3) is 0.462. The summed E-state index contributed by atoms with van der Waals surface area (Å²) in [7, 11) is 1.65. The third-order valence-corrected chi connectivity index (χ3v) is 3.43. The van der Waals surface area contributed by atoms with E-state index in [0.717, 1.165) is 6.42 Å². The molecule has 1 atom stereocenters. The lowest BCUT2D eigenvalue weighted by molar-refractivity contribution is 0.0770. The van der Waals surface area contributed by atoms with Crippen LogP contribution in [0.3, 0.4) is 0 Å². The number of carbonyl (C=O) groups excluding carboxylic acids is 1. The van der Waals surface area contributed by atoms with Crippen LogP contribution in [-0.4, -0.2) is 37.6 Å². The minimum Gasteiger partial charge on any atom is -0.384 e. The van der Waals surface area contributed by atoms with Crippen molar-refractivity contribution < 1.29 is 13.9 Å². The van der Waals surface area contributed by atoms with E-state index in [1.54, 1.807) is 12.0 Å². The second-order valence-corrected chi connectivity index (χ2v) is 5.04. The minimum atomic E-state index is -0.493. The fourth-order valence-electron chi connectivity index (χ4n) is 2.24. The van der Waals surface area contributed by atoms with Gasteiger partial charge in [0.25, 0.3) is 5.91 Å². The molecule has 1 unspecified atom stereocenters. The van der Waals surface area contributed by atoms with Gasteiger partial charge in [-0.25, -0.2) is 4.39 Å². The van der Waals surface area contributed by atoms with Gasteiger partial charge in [-0.15, -0.1) is 12.6 Å². The van der Waals surface area contributed by atoms with Gasteiger partial charge in [-0.2, -0.15) is 0 Å². The molecule has 0 N–H and O–H groups in total. The molecule has 1 amide bonds. The maximum atomic E-state index is 13.6. The Morgan fingerprint density at radius 3 is 3.11 bits per heavy atom. The summed E-state index contributed by atoms with van der Waals surface area (Å²) in [4.78, 5) is 14.4. The number of halogens is 1. The summed E-state index contributed by atoms with van der Waals surface area (Å²) in [5.74, 6) is -0.406. The van der Waals surface area contributed by atoms with Crippen LogP contribution in [0.2, 0.25) is 0 Å². The zero-order valence-electron chi connectivity index (χ0n) is 10.2. The highest BCUT2D eigenvalue weighted by Gasteiger charge is 2.28. The molecule has 1 aromatic carbocycles. The molecular formula is C13H16FNO2S. The number of rotatable bonds is 3. The highest BCUT2D eigenvalue weighted by Crippen LogP contribution is 2.21. The van der Waals surface area contributed by atoms with Crippen molar-refractivity contribution in [1.29, 1.82) is 0 Å². The predicted octanol–water partition coefficient (Wildman–Crippen LogP) is 2.22. The van der Waals surface area contributed by atoms with Gasteiger partial charge in [-0.1, -0.05) is 0 Å². The molecule has 18 heavy (non-hydrogen) atoms. The summed E-state index contributed by atoms with van der Waals surface area (Å²) in [5, 5.41) is 0. The van der Waals surface area contributed by atoms with E-state index in [2.05, 4.69) is 12.6 Å². The molecule has 0 saturated carbocycles. The van der Waals surface area contributed by atoms with Crippen molar-refractivity contribution >= 4 is 18.5 Å². The van der Waals surface area contributed by atoms with Gasteiger partial charge in [0.15, 0.2) is 0 Å². The summed E-state index contributed by atoms with van der Waals surface area (Å²) in [6, 6.07) is 4.29. The number of carbonyl (C=O) groups is 1. The molecule has 3 nitrogen and oxygen atoms in total. The first-order chi connectivity index (χ1) is 8.61. The summed E-state index contributed by atoms with van der Waals surface area (Å²) in [5.41, 5.74) is 0.0977. The second-order valence-electron chi connectivity index (χ2n) is 4.53. The number of amides is 1. The van der Waals surface area contributed by atoms with Crippen LogP contribution < -0.4 is 0 Å². The largest absolute Gasteiger partial charge is 0.384 e. The fourth-order valence-corrected chi connectivity index (χ4v) is 2.44. The van der Waals surface area contributed by atoms with Crippen molar-refractivity contribution in [2.24, 2.45) is 5.92 Å². The molecule has 0 aromatic heterocycles. The predicted molar refractivity (Wildman–Crippen MR) is 69.5 cm³/mol. The molecule has 1 saturated heterocycles. The first kappa shape index (κ1) is 13.4. The minimum absolute atomic E-state index is 0.0977. The Morgan fingerprint density at radius 2 is 2.39 bits per heavy atom. The standard InChI is InChI=1S/C13H16FNO2S/c1-17-8-9-4-5-15(7-9)13(16)11-6-10(18)2-3-12(11)14/h2-3,6,9,18H,4-5,7-8H2,1H3. The van der Waals surface area contributed by atoms with Crippen LogP contribution in [0, 0.1) is 11.7 Å². The Balaban J connectivity index is 2.10. The van der Waals surface area contributed by atoms with Crippen molar-refractivity contribution in [2.45, 2.75) is 11.3 Å². The lowest BCUT2D eigenvalue weighted by Gasteiger charge is -2.17. The summed E-state index contributed by atoms with van der Waals surface area (Å²) in [6.07, 6.45) is 0.905. The van der Waals surface area contributed by atoms with Crippen LogP contribution in [0.5, 0.6) is 0 Å². The highest BCUT2D eigenvalue weighted by molar-refractivity contribution is 7.80. The Morgan fingerprint density at radius 1 is 1.61 bits per heavy atom. The second kappa shape index (κ2) is 5.71. The molecule has 0 aliphatic carbocycles. The number of likely N-dealkylation sites (tertiary alicyclic amines) is 1. The van der Waals surface area contributed by atoms with Crippen LogP contribution in [0.15, 0.2) is 23.1 Å². The summed E-state index contributed by atoms with van der Waals surface area (Å²) >= 11 is 4.13. The molecule has 0 radical (unpaired) electrons. The van der Waals surface area contributed by atoms with Gasteiger partial charge < -0.3 is 9.64 Å². The van der Waals surface area contributed by atoms with Crippen LogP contribution >= 0.6 is 12.6 Å². The van der Waals surface area contributed by atoms with Gasteiger partial charge in [-0.05, 0) is 24.6 Å². The molecule has 0 spiro atoms. The molecule has 1 heterocycles. The Kier molecular flexibility index (Phi) is 4.24. The first-order valence-corrected chi connectivity index (χ1v) is 6.33. The SMILES string of the molecule is COCC1CCN(C(=O)c2cc(S)ccc2F)C1. The quantitative estimate of drug-likeness (QED) is 0.853. The molecule has 1 aliphatic rings. The number of hydrogen-bond acceptors (Lipinski definition) is 3. The topological polar surface area (TPSA) is 29.5 Å². The molecule has 5 heteroatoms. The number of hydrogen-bond donors (Lipinski definition) is 1. The van der Waals surface area contributed by atoms with Crippen LogP contribution in [-0.2, 0) is 4.74 Å². The molecule has 98 valence electrons. The zero-order valence-corrected chi connectivity index (χ0v) is 11.1. The van der Waals surface area contributed by atoms with Crippen LogP contribution in [0.25, 0.3) is 0 Å². The average molecular weight is 269 g/mol. The van der Waals surface area contributed by atoms with Gasteiger partial charge >= 0.3 is 0 Å². The lowest BCUT2D eigenvalue weighted by atomic mass is 10.1. The third-order valence-electron chi connectivity index (χ3n) is 3.16. The molecule has 0 bridgehead atoms. The molecule has 1 aromatic rings. The first-order valence-electron chi connectivity index (χ1n) is 5.88. The van der Waals surface area contributed by atoms with E-state index in [9.17, 15) is 9.18 Å². The average Bonchev–Trinajstić information content (AvgIpc) is 2.80. The van der Waals surface area contributed by atoms with Crippen LogP contribution in [0.4, 0.5) is 4.39 Å². The Labute approximate surface area is 111 Å². The smallest absolute Gasteiger partial charge is 0.256 e. The highest BCUT2D eigenvalue weighted by atomic mass is 32.1. The van der Waals surface area contributed by atoms with Crippen molar-refractivity contribution in [2.75, 3.05) is 26.8 Å². The maximum absolute atomic E-state index is 13.6. The van der Waals surface area contributed by atoms with Crippen molar-refractivity contribution in [3.05, 3.63) is 29.6 Å². The van der Waals surface area contributed by atoms with Gasteiger partial charge in [0.2, 0.25) is 0 Å². The van der Waals surface area contributed by atoms with Gasteiger partial charge in [0.1, 0.15) is 5.82 Å². The third kappa shape index (κ3) is 2.84. The van der Waals surface area contributed by atoms with E-state index in [4.69, 9.17) is 4.74 Å². The number of benzene rings is 1. The van der Waals surface area contributed by atoms with Crippen molar-refractivity contribution in [3.63, 3.8) is 0 Å². The molecular weight excluding hydrogens is 253 g/mol. The number of nitrogens with zero attached hydrogens (tertiary/aromatic N) is 1.